The third-order valence-electron chi connectivity index (χ3n) is 3.93. The summed E-state index contributed by atoms with van der Waals surface area (Å²) in [6.07, 6.45) is -4.40. The molecular weight excluding hydrogens is 347 g/mol. The van der Waals surface area contributed by atoms with Gasteiger partial charge in [-0.25, -0.2) is 0 Å². The van der Waals surface area contributed by atoms with Gasteiger partial charge in [0.25, 0.3) is 0 Å². The highest BCUT2D eigenvalue weighted by atomic mass is 19.4. The number of alkyl halides is 3. The number of nitrogens with one attached hydrogen (secondary N) is 1. The van der Waals surface area contributed by atoms with Crippen molar-refractivity contribution in [2.24, 2.45) is 0 Å². The minimum atomic E-state index is -4.39. The highest BCUT2D eigenvalue weighted by Crippen LogP contribution is 2.30. The molecule has 0 radical (unpaired) electrons. The van der Waals surface area contributed by atoms with E-state index >= 15 is 0 Å². The first-order chi connectivity index (χ1) is 12.2. The van der Waals surface area contributed by atoms with E-state index in [9.17, 15) is 18.0 Å². The molecule has 7 heteroatoms. The van der Waals surface area contributed by atoms with Crippen molar-refractivity contribution in [1.29, 1.82) is 0 Å². The first-order valence-corrected chi connectivity index (χ1v) is 7.92. The molecule has 1 N–H and O–H groups in total. The molecule has 2 aromatic rings. The van der Waals surface area contributed by atoms with Crippen molar-refractivity contribution in [2.75, 3.05) is 14.2 Å². The third-order valence-corrected chi connectivity index (χ3v) is 3.93. The van der Waals surface area contributed by atoms with Crippen LogP contribution < -0.4 is 14.8 Å². The Bertz CT molecular complexity index is 758. The van der Waals surface area contributed by atoms with E-state index in [4.69, 9.17) is 9.47 Å². The van der Waals surface area contributed by atoms with Crippen LogP contribution in [0.4, 0.5) is 13.2 Å². The van der Waals surface area contributed by atoms with Crippen LogP contribution in [-0.4, -0.2) is 20.1 Å². The number of hydrogen-bond donors (Lipinski definition) is 1. The summed E-state index contributed by atoms with van der Waals surface area (Å²) in [4.78, 5) is 12.2. The first-order valence-electron chi connectivity index (χ1n) is 7.92. The van der Waals surface area contributed by atoms with E-state index in [2.05, 4.69) is 5.32 Å². The zero-order valence-corrected chi connectivity index (χ0v) is 14.7. The molecule has 2 rings (SSSR count). The molecular formula is C19H20F3NO3. The molecule has 0 aliphatic rings. The molecule has 0 aliphatic carbocycles. The molecule has 0 saturated carbocycles. The van der Waals surface area contributed by atoms with Crippen LogP contribution in [0.15, 0.2) is 42.5 Å². The summed E-state index contributed by atoms with van der Waals surface area (Å²) in [7, 11) is 3.07. The number of ether oxygens (including phenoxy) is 2. The van der Waals surface area contributed by atoms with Crippen molar-refractivity contribution < 1.29 is 27.4 Å². The Morgan fingerprint density at radius 2 is 1.73 bits per heavy atom. The van der Waals surface area contributed by atoms with Gasteiger partial charge in [-0.15, -0.1) is 0 Å². The van der Waals surface area contributed by atoms with E-state index in [0.29, 0.717) is 17.1 Å². The average Bonchev–Trinajstić information content (AvgIpc) is 2.60. The van der Waals surface area contributed by atoms with Crippen LogP contribution >= 0.6 is 0 Å². The van der Waals surface area contributed by atoms with Gasteiger partial charge >= 0.3 is 6.18 Å². The van der Waals surface area contributed by atoms with E-state index in [1.165, 1.54) is 19.2 Å². The molecule has 0 aromatic heterocycles. The maximum absolute atomic E-state index is 12.6. The largest absolute Gasteiger partial charge is 0.497 e. The molecule has 1 amide bonds. The van der Waals surface area contributed by atoms with Crippen molar-refractivity contribution in [2.45, 2.75) is 25.6 Å². The van der Waals surface area contributed by atoms with Crippen molar-refractivity contribution in [3.63, 3.8) is 0 Å². The van der Waals surface area contributed by atoms with Gasteiger partial charge in [-0.2, -0.15) is 13.2 Å². The van der Waals surface area contributed by atoms with Gasteiger partial charge in [-0.1, -0.05) is 12.1 Å². The number of hydrogen-bond acceptors (Lipinski definition) is 3. The van der Waals surface area contributed by atoms with E-state index < -0.39 is 11.7 Å². The molecule has 0 saturated heterocycles. The maximum atomic E-state index is 12.6. The molecule has 0 aliphatic heterocycles. The second-order valence-electron chi connectivity index (χ2n) is 5.77. The smallest absolute Gasteiger partial charge is 0.416 e. The van der Waals surface area contributed by atoms with Gasteiger partial charge in [0.1, 0.15) is 11.5 Å². The summed E-state index contributed by atoms with van der Waals surface area (Å²) in [5, 5.41) is 2.82. The standard InChI is InChI=1S/C19H20F3NO3/c1-12(16-9-8-15(25-2)11-17(16)26-3)23-18(24)10-13-4-6-14(7-5-13)19(20,21)22/h4-9,11-12H,10H2,1-3H3,(H,23,24). The predicted octanol–water partition coefficient (Wildman–Crippen LogP) is 4.14. The lowest BCUT2D eigenvalue weighted by atomic mass is 10.1. The number of carbonyl (C=O) groups excluding carboxylic acids is 1. The van der Waals surface area contributed by atoms with E-state index in [1.54, 1.807) is 32.2 Å². The number of methoxy groups -OCH3 is 2. The fourth-order valence-corrected chi connectivity index (χ4v) is 2.54. The predicted molar refractivity (Wildman–Crippen MR) is 91.3 cm³/mol. The quantitative estimate of drug-likeness (QED) is 0.835. The Balaban J connectivity index is 2.03. The number of benzene rings is 2. The topological polar surface area (TPSA) is 47.6 Å². The summed E-state index contributed by atoms with van der Waals surface area (Å²) in [6, 6.07) is 9.49. The molecule has 0 bridgehead atoms. The maximum Gasteiger partial charge on any atom is 0.416 e. The molecule has 26 heavy (non-hydrogen) atoms. The zero-order chi connectivity index (χ0) is 19.3. The Kier molecular flexibility index (Phi) is 6.13. The Morgan fingerprint density at radius 1 is 1.08 bits per heavy atom. The van der Waals surface area contributed by atoms with Gasteiger partial charge in [-0.3, -0.25) is 4.79 Å². The second kappa shape index (κ2) is 8.12. The van der Waals surface area contributed by atoms with Gasteiger partial charge in [0.2, 0.25) is 5.91 Å². The lowest BCUT2D eigenvalue weighted by molar-refractivity contribution is -0.137. The van der Waals surface area contributed by atoms with Gasteiger partial charge in [0, 0.05) is 11.6 Å². The third kappa shape index (κ3) is 4.91. The number of amides is 1. The highest BCUT2D eigenvalue weighted by Gasteiger charge is 2.30. The van der Waals surface area contributed by atoms with Crippen LogP contribution in [0, 0.1) is 0 Å². The SMILES string of the molecule is COc1ccc(C(C)NC(=O)Cc2ccc(C(F)(F)F)cc2)c(OC)c1. The second-order valence-corrected chi connectivity index (χ2v) is 5.77. The summed E-state index contributed by atoms with van der Waals surface area (Å²) in [6.45, 7) is 1.80. The van der Waals surface area contributed by atoms with E-state index in [-0.39, 0.29) is 18.4 Å². The van der Waals surface area contributed by atoms with Crippen molar-refractivity contribution in [1.82, 2.24) is 5.32 Å². The van der Waals surface area contributed by atoms with Gasteiger partial charge in [0.15, 0.2) is 0 Å². The molecule has 0 fully saturated rings. The van der Waals surface area contributed by atoms with Crippen molar-refractivity contribution in [3.05, 3.63) is 59.2 Å². The molecule has 140 valence electrons. The van der Waals surface area contributed by atoms with Crippen molar-refractivity contribution in [3.8, 4) is 11.5 Å². The minimum absolute atomic E-state index is 0.0129. The fraction of sp³-hybridized carbons (Fsp3) is 0.316. The van der Waals surface area contributed by atoms with Gasteiger partial charge < -0.3 is 14.8 Å². The fourth-order valence-electron chi connectivity index (χ4n) is 2.54. The number of carbonyl (C=O) groups is 1. The molecule has 2 aromatic carbocycles. The Morgan fingerprint density at radius 3 is 2.27 bits per heavy atom. The first kappa shape index (κ1) is 19.6. The summed E-state index contributed by atoms with van der Waals surface area (Å²) in [5.41, 5.74) is 0.538. The average molecular weight is 367 g/mol. The van der Waals surface area contributed by atoms with Gasteiger partial charge in [-0.05, 0) is 36.8 Å². The lowest BCUT2D eigenvalue weighted by Crippen LogP contribution is -2.28. The summed E-state index contributed by atoms with van der Waals surface area (Å²) >= 11 is 0. The number of rotatable bonds is 6. The normalized spacial score (nSPS) is 12.4. The molecule has 1 atom stereocenters. The van der Waals surface area contributed by atoms with Crippen LogP contribution in [0.2, 0.25) is 0 Å². The van der Waals surface area contributed by atoms with Crippen LogP contribution in [-0.2, 0) is 17.4 Å². The monoisotopic (exact) mass is 367 g/mol. The van der Waals surface area contributed by atoms with Gasteiger partial charge in [0.05, 0.1) is 32.2 Å². The van der Waals surface area contributed by atoms with E-state index in [0.717, 1.165) is 17.7 Å². The van der Waals surface area contributed by atoms with Crippen LogP contribution in [0.3, 0.4) is 0 Å². The van der Waals surface area contributed by atoms with Crippen LogP contribution in [0.5, 0.6) is 11.5 Å². The Labute approximate surface area is 149 Å². The summed E-state index contributed by atoms with van der Waals surface area (Å²) < 4.78 is 48.2. The van der Waals surface area contributed by atoms with Crippen LogP contribution in [0.1, 0.15) is 29.7 Å². The lowest BCUT2D eigenvalue weighted by Gasteiger charge is -2.18. The highest BCUT2D eigenvalue weighted by molar-refractivity contribution is 5.79. The summed E-state index contributed by atoms with van der Waals surface area (Å²) in [5.74, 6) is 0.913. The molecule has 4 nitrogen and oxygen atoms in total. The van der Waals surface area contributed by atoms with E-state index in [1.807, 2.05) is 0 Å². The molecule has 1 unspecified atom stereocenters. The van der Waals surface area contributed by atoms with Crippen molar-refractivity contribution >= 4 is 5.91 Å². The molecule has 0 heterocycles. The zero-order valence-electron chi connectivity index (χ0n) is 14.7. The minimum Gasteiger partial charge on any atom is -0.497 e. The Hall–Kier alpha value is -2.70. The number of halogens is 3. The molecule has 0 spiro atoms. The van der Waals surface area contributed by atoms with Crippen LogP contribution in [0.25, 0.3) is 0 Å².